The van der Waals surface area contributed by atoms with Crippen molar-refractivity contribution in [1.29, 1.82) is 0 Å². The zero-order valence-electron chi connectivity index (χ0n) is 14.8. The van der Waals surface area contributed by atoms with Crippen molar-refractivity contribution < 1.29 is 14.3 Å². The van der Waals surface area contributed by atoms with E-state index in [0.29, 0.717) is 19.1 Å². The Hall–Kier alpha value is -0.650. The molecule has 136 valence electrons. The summed E-state index contributed by atoms with van der Waals surface area (Å²) < 4.78 is 11.2. The molecule has 2 saturated heterocycles. The predicted molar refractivity (Wildman–Crippen MR) is 91.8 cm³/mol. The summed E-state index contributed by atoms with van der Waals surface area (Å²) in [5.74, 6) is 2.22. The van der Waals surface area contributed by atoms with E-state index in [1.165, 1.54) is 25.7 Å². The molecule has 24 heavy (non-hydrogen) atoms. The summed E-state index contributed by atoms with van der Waals surface area (Å²) in [5, 5.41) is 0. The molecule has 4 rings (SSSR count). The number of nitrogens with zero attached hydrogens (tertiary/aromatic N) is 2. The van der Waals surface area contributed by atoms with E-state index >= 15 is 0 Å². The fourth-order valence-electron chi connectivity index (χ4n) is 5.27. The van der Waals surface area contributed by atoms with E-state index in [-0.39, 0.29) is 5.91 Å². The van der Waals surface area contributed by atoms with Crippen LogP contribution in [0.2, 0.25) is 0 Å². The molecule has 2 aliphatic carbocycles. The van der Waals surface area contributed by atoms with Gasteiger partial charge in [-0.25, -0.2) is 0 Å². The van der Waals surface area contributed by atoms with Gasteiger partial charge in [-0.05, 0) is 43.9 Å². The number of carbonyl (C=O) groups is 1. The zero-order chi connectivity index (χ0) is 16.4. The van der Waals surface area contributed by atoms with Gasteiger partial charge < -0.3 is 14.4 Å². The molecule has 1 amide bonds. The van der Waals surface area contributed by atoms with Crippen molar-refractivity contribution in [3.63, 3.8) is 0 Å². The Morgan fingerprint density at radius 3 is 2.46 bits per heavy atom. The van der Waals surface area contributed by atoms with E-state index in [9.17, 15) is 4.79 Å². The summed E-state index contributed by atoms with van der Waals surface area (Å²) in [6, 6.07) is 0.817. The van der Waals surface area contributed by atoms with Crippen molar-refractivity contribution in [3.05, 3.63) is 0 Å². The number of carbonyl (C=O) groups excluding carboxylic acids is 1. The maximum Gasteiger partial charge on any atom is 0.224 e. The van der Waals surface area contributed by atoms with E-state index < -0.39 is 0 Å². The molecular formula is C19H32N2O3. The molecule has 0 radical (unpaired) electrons. The van der Waals surface area contributed by atoms with Gasteiger partial charge in [-0.1, -0.05) is 6.42 Å². The second-order valence-corrected chi connectivity index (χ2v) is 8.09. The third kappa shape index (κ3) is 3.78. The minimum absolute atomic E-state index is 0.273. The maximum absolute atomic E-state index is 12.4. The Kier molecular flexibility index (Phi) is 5.40. The van der Waals surface area contributed by atoms with Crippen LogP contribution in [0.5, 0.6) is 0 Å². The molecule has 0 aromatic rings. The Morgan fingerprint density at radius 1 is 1.00 bits per heavy atom. The lowest BCUT2D eigenvalue weighted by Crippen LogP contribution is -2.53. The first-order valence-corrected chi connectivity index (χ1v) is 10.0. The maximum atomic E-state index is 12.4. The van der Waals surface area contributed by atoms with Gasteiger partial charge in [-0.3, -0.25) is 9.69 Å². The third-order valence-corrected chi connectivity index (χ3v) is 6.67. The predicted octanol–water partition coefficient (Wildman–Crippen LogP) is 1.90. The Bertz CT molecular complexity index is 430. The van der Waals surface area contributed by atoms with Gasteiger partial charge in [0.2, 0.25) is 5.91 Å². The fraction of sp³-hybridized carbons (Fsp3) is 0.947. The van der Waals surface area contributed by atoms with Gasteiger partial charge >= 0.3 is 0 Å². The molecule has 2 bridgehead atoms. The lowest BCUT2D eigenvalue weighted by molar-refractivity contribution is -0.135. The van der Waals surface area contributed by atoms with Gasteiger partial charge in [0.1, 0.15) is 0 Å². The second-order valence-electron chi connectivity index (χ2n) is 8.09. The first-order valence-electron chi connectivity index (χ1n) is 10.0. The van der Waals surface area contributed by atoms with Gasteiger partial charge in [0, 0.05) is 45.4 Å². The summed E-state index contributed by atoms with van der Waals surface area (Å²) >= 11 is 0. The normalized spacial score (nSPS) is 34.8. The SMILES string of the molecule is O=C(CCOC1CCOCC1)N1CCN([C@@H]2C[C@H]3CC[C@H]2C3)CC1. The van der Waals surface area contributed by atoms with Crippen molar-refractivity contribution in [2.75, 3.05) is 46.0 Å². The van der Waals surface area contributed by atoms with E-state index in [2.05, 4.69) is 9.80 Å². The van der Waals surface area contributed by atoms with Gasteiger partial charge in [-0.2, -0.15) is 0 Å². The number of hydrogen-bond donors (Lipinski definition) is 0. The highest BCUT2D eigenvalue weighted by atomic mass is 16.5. The molecule has 3 atom stereocenters. The fourth-order valence-corrected chi connectivity index (χ4v) is 5.27. The van der Waals surface area contributed by atoms with Gasteiger partial charge in [0.25, 0.3) is 0 Å². The van der Waals surface area contributed by atoms with Crippen molar-refractivity contribution in [2.24, 2.45) is 11.8 Å². The average molecular weight is 336 g/mol. The number of piperazine rings is 1. The Labute approximate surface area is 145 Å². The molecule has 4 aliphatic rings. The number of rotatable bonds is 5. The van der Waals surface area contributed by atoms with Crippen molar-refractivity contribution >= 4 is 5.91 Å². The first-order chi connectivity index (χ1) is 11.8. The van der Waals surface area contributed by atoms with Crippen LogP contribution in [0.15, 0.2) is 0 Å². The highest BCUT2D eigenvalue weighted by Gasteiger charge is 2.42. The van der Waals surface area contributed by atoms with Crippen LogP contribution in [0.25, 0.3) is 0 Å². The third-order valence-electron chi connectivity index (χ3n) is 6.67. The smallest absolute Gasteiger partial charge is 0.224 e. The Balaban J connectivity index is 1.15. The minimum Gasteiger partial charge on any atom is -0.381 e. The van der Waals surface area contributed by atoms with Gasteiger partial charge in [-0.15, -0.1) is 0 Å². The van der Waals surface area contributed by atoms with E-state index in [1.54, 1.807) is 0 Å². The number of hydrogen-bond acceptors (Lipinski definition) is 4. The quantitative estimate of drug-likeness (QED) is 0.769. The van der Waals surface area contributed by atoms with Crippen molar-refractivity contribution in [1.82, 2.24) is 9.80 Å². The standard InChI is InChI=1S/C19H32N2O3/c22-19(5-12-24-17-3-10-23-11-4-17)21-8-6-20(7-9-21)18-14-15-1-2-16(18)13-15/h15-18H,1-14H2/t15-,16-,18+/m0/s1. The highest BCUT2D eigenvalue weighted by molar-refractivity contribution is 5.76. The lowest BCUT2D eigenvalue weighted by atomic mass is 9.93. The molecule has 0 unspecified atom stereocenters. The number of ether oxygens (including phenoxy) is 2. The largest absolute Gasteiger partial charge is 0.381 e. The molecule has 5 heteroatoms. The van der Waals surface area contributed by atoms with Crippen LogP contribution >= 0.6 is 0 Å². The van der Waals surface area contributed by atoms with Crippen LogP contribution in [0.1, 0.15) is 44.9 Å². The van der Waals surface area contributed by atoms with Crippen molar-refractivity contribution in [3.8, 4) is 0 Å². The van der Waals surface area contributed by atoms with Crippen LogP contribution in [-0.2, 0) is 14.3 Å². The van der Waals surface area contributed by atoms with Gasteiger partial charge in [0.05, 0.1) is 19.1 Å². The average Bonchev–Trinajstić information content (AvgIpc) is 3.26. The summed E-state index contributed by atoms with van der Waals surface area (Å²) in [5.41, 5.74) is 0. The molecule has 0 spiro atoms. The first kappa shape index (κ1) is 16.8. The van der Waals surface area contributed by atoms with E-state index in [0.717, 1.165) is 70.1 Å². The summed E-state index contributed by atoms with van der Waals surface area (Å²) in [6.07, 6.45) is 8.55. The monoisotopic (exact) mass is 336 g/mol. The van der Waals surface area contributed by atoms with Gasteiger partial charge in [0.15, 0.2) is 0 Å². The summed E-state index contributed by atoms with van der Waals surface area (Å²) in [6.45, 7) is 6.11. The molecule has 0 aromatic heterocycles. The van der Waals surface area contributed by atoms with Crippen LogP contribution in [0, 0.1) is 11.8 Å². The number of fused-ring (bicyclic) bond motifs is 2. The molecule has 0 N–H and O–H groups in total. The molecule has 4 fully saturated rings. The molecule has 2 heterocycles. The molecule has 2 saturated carbocycles. The molecular weight excluding hydrogens is 304 g/mol. The molecule has 2 aliphatic heterocycles. The second kappa shape index (κ2) is 7.71. The minimum atomic E-state index is 0.273. The van der Waals surface area contributed by atoms with Crippen molar-refractivity contribution in [2.45, 2.75) is 57.1 Å². The molecule has 0 aromatic carbocycles. The summed E-state index contributed by atoms with van der Waals surface area (Å²) in [7, 11) is 0. The van der Waals surface area contributed by atoms with E-state index in [1.807, 2.05) is 0 Å². The highest BCUT2D eigenvalue weighted by Crippen LogP contribution is 2.46. The van der Waals surface area contributed by atoms with Crippen LogP contribution in [0.3, 0.4) is 0 Å². The topological polar surface area (TPSA) is 42.0 Å². The van der Waals surface area contributed by atoms with Crippen LogP contribution in [0.4, 0.5) is 0 Å². The zero-order valence-corrected chi connectivity index (χ0v) is 14.8. The van der Waals surface area contributed by atoms with Crippen LogP contribution < -0.4 is 0 Å². The Morgan fingerprint density at radius 2 is 1.79 bits per heavy atom. The number of amides is 1. The van der Waals surface area contributed by atoms with Crippen LogP contribution in [-0.4, -0.2) is 73.9 Å². The lowest BCUT2D eigenvalue weighted by Gasteiger charge is -2.41. The summed E-state index contributed by atoms with van der Waals surface area (Å²) in [4.78, 5) is 17.1. The van der Waals surface area contributed by atoms with E-state index in [4.69, 9.17) is 9.47 Å². The molecule has 5 nitrogen and oxygen atoms in total.